The molecule has 1 amide bonds. The van der Waals surface area contributed by atoms with Gasteiger partial charge in [0.15, 0.2) is 11.2 Å². The summed E-state index contributed by atoms with van der Waals surface area (Å²) in [6, 6.07) is 42.6. The molecular weight excluding hydrogens is 681 g/mol. The summed E-state index contributed by atoms with van der Waals surface area (Å²) < 4.78 is 11.1. The molecule has 2 aliphatic rings. The highest BCUT2D eigenvalue weighted by molar-refractivity contribution is 7.97. The monoisotopic (exact) mass is 713 g/mol. The lowest BCUT2D eigenvalue weighted by Crippen LogP contribution is -2.49. The average Bonchev–Trinajstić information content (AvgIpc) is 3.57. The number of fused-ring (bicyclic) bond motifs is 2. The van der Waals surface area contributed by atoms with Crippen molar-refractivity contribution in [3.63, 3.8) is 0 Å². The number of carbonyl (C=O) groups is 4. The van der Waals surface area contributed by atoms with Crippen molar-refractivity contribution in [1.29, 1.82) is 0 Å². The Morgan fingerprint density at radius 2 is 1.24 bits per heavy atom. The third kappa shape index (κ3) is 5.19. The Bertz CT molecular complexity index is 2170. The summed E-state index contributed by atoms with van der Waals surface area (Å²) in [7, 11) is 1.20. The molecule has 0 fully saturated rings. The van der Waals surface area contributed by atoms with E-state index in [9.17, 15) is 9.59 Å². The van der Waals surface area contributed by atoms with Crippen molar-refractivity contribution >= 4 is 69.0 Å². The first-order chi connectivity index (χ1) is 24.8. The van der Waals surface area contributed by atoms with Crippen LogP contribution >= 0.6 is 18.5 Å². The largest absolute Gasteiger partial charge is 0.465 e. The van der Waals surface area contributed by atoms with Crippen LogP contribution in [-0.2, 0) is 40.6 Å². The fraction of sp³-hybridized carbons (Fsp3) is 0.119. The van der Waals surface area contributed by atoms with Crippen LogP contribution in [0.25, 0.3) is 0 Å². The Balaban J connectivity index is 1.72. The van der Waals surface area contributed by atoms with E-state index < -0.39 is 35.9 Å². The van der Waals surface area contributed by atoms with Crippen LogP contribution in [0.15, 0.2) is 151 Å². The van der Waals surface area contributed by atoms with Gasteiger partial charge in [-0.05, 0) is 53.5 Å². The molecule has 7 rings (SSSR count). The maximum atomic E-state index is 16.2. The number of amides is 1. The van der Waals surface area contributed by atoms with Crippen molar-refractivity contribution in [2.45, 2.75) is 18.9 Å². The molecule has 1 atom stereocenters. The lowest BCUT2D eigenvalue weighted by molar-refractivity contribution is -0.143. The summed E-state index contributed by atoms with van der Waals surface area (Å²) in [5.41, 5.74) is -1.54. The van der Waals surface area contributed by atoms with Crippen LogP contribution in [0, 0.1) is 0 Å². The molecule has 0 radical (unpaired) electrons. The van der Waals surface area contributed by atoms with Gasteiger partial charge in [-0.3, -0.25) is 9.59 Å². The van der Waals surface area contributed by atoms with Crippen molar-refractivity contribution in [3.8, 4) is 0 Å². The van der Waals surface area contributed by atoms with Crippen molar-refractivity contribution in [1.82, 2.24) is 0 Å². The molecule has 51 heavy (non-hydrogen) atoms. The zero-order chi connectivity index (χ0) is 35.8. The first-order valence-corrected chi connectivity index (χ1v) is 18.6. The first kappa shape index (κ1) is 34.0. The number of halogens is 1. The van der Waals surface area contributed by atoms with E-state index >= 15 is 9.59 Å². The van der Waals surface area contributed by atoms with Gasteiger partial charge in [0.25, 0.3) is 5.91 Å². The number of benzene rings is 5. The van der Waals surface area contributed by atoms with Crippen LogP contribution in [0.5, 0.6) is 0 Å². The van der Waals surface area contributed by atoms with Crippen molar-refractivity contribution in [2.24, 2.45) is 0 Å². The molecule has 0 bridgehead atoms. The second-order valence-corrected chi connectivity index (χ2v) is 15.9. The van der Waals surface area contributed by atoms with Gasteiger partial charge >= 0.3 is 11.9 Å². The summed E-state index contributed by atoms with van der Waals surface area (Å²) in [6.07, 6.45) is 0. The number of esters is 2. The Morgan fingerprint density at radius 3 is 1.73 bits per heavy atom. The smallest absolute Gasteiger partial charge is 0.339 e. The van der Waals surface area contributed by atoms with Crippen LogP contribution in [0.4, 0.5) is 5.69 Å². The second kappa shape index (κ2) is 13.7. The minimum absolute atomic E-state index is 0.0295. The van der Waals surface area contributed by atoms with E-state index in [1.165, 1.54) is 12.0 Å². The molecule has 1 unspecified atom stereocenters. The number of nitrogens with zero attached hydrogens (tertiary/aromatic N) is 1. The normalized spacial score (nSPS) is 16.8. The van der Waals surface area contributed by atoms with E-state index in [-0.39, 0.29) is 40.2 Å². The standard InChI is InChI=1S/C42H33ClNO6P/c1-3-50-40(47)36-35(39(46)49-2)37(51(30-18-10-5-11-19-30,31-20-12-6-13-21-31)32-22-14-7-15-23-32)38(45)42(36)33-26-29(43)24-25-34(33)44(41(42)48)27-28-16-8-4-9-17-28/h4-26H,3,27H2,1-2H3. The van der Waals surface area contributed by atoms with Gasteiger partial charge in [0, 0.05) is 21.6 Å². The Kier molecular flexibility index (Phi) is 9.11. The minimum atomic E-state index is -3.39. The maximum absolute atomic E-state index is 16.2. The molecule has 9 heteroatoms. The van der Waals surface area contributed by atoms with Crippen LogP contribution in [0.3, 0.4) is 0 Å². The maximum Gasteiger partial charge on any atom is 0.339 e. The molecule has 254 valence electrons. The van der Waals surface area contributed by atoms with Crippen LogP contribution in [0.2, 0.25) is 5.02 Å². The fourth-order valence-corrected chi connectivity index (χ4v) is 12.1. The summed E-state index contributed by atoms with van der Waals surface area (Å²) in [4.78, 5) is 62.1. The third-order valence-corrected chi connectivity index (χ3v) is 14.0. The van der Waals surface area contributed by atoms with Gasteiger partial charge in [0.05, 0.1) is 31.4 Å². The van der Waals surface area contributed by atoms with Crippen LogP contribution < -0.4 is 20.8 Å². The molecule has 0 N–H and O–H groups in total. The quantitative estimate of drug-likeness (QED) is 0.113. The highest BCUT2D eigenvalue weighted by Gasteiger charge is 2.68. The van der Waals surface area contributed by atoms with E-state index in [0.717, 1.165) is 21.5 Å². The number of rotatable bonds is 8. The van der Waals surface area contributed by atoms with Crippen LogP contribution in [-0.4, -0.2) is 42.6 Å². The van der Waals surface area contributed by atoms with E-state index in [0.29, 0.717) is 5.69 Å². The van der Waals surface area contributed by atoms with E-state index in [2.05, 4.69) is 0 Å². The van der Waals surface area contributed by atoms with Gasteiger partial charge in [0.2, 0.25) is 0 Å². The number of methoxy groups -OCH3 is 1. The number of ketones is 1. The molecular formula is C42H33ClNO6P. The lowest BCUT2D eigenvalue weighted by atomic mass is 9.74. The summed E-state index contributed by atoms with van der Waals surface area (Å²) in [5.74, 6) is -3.27. The fourth-order valence-electron chi connectivity index (χ4n) is 7.43. The molecule has 0 aromatic heterocycles. The SMILES string of the molecule is CCOC(=O)C1=C(C(=O)OC)C(=P(c2ccccc2)(c2ccccc2)c2ccccc2)C(=O)C12C(=O)N(Cc1ccccc1)c1ccc(Cl)cc12. The predicted octanol–water partition coefficient (Wildman–Crippen LogP) is 5.91. The van der Waals surface area contributed by atoms with Gasteiger partial charge < -0.3 is 14.4 Å². The summed E-state index contributed by atoms with van der Waals surface area (Å²) >= 11 is 6.65. The number of hydrogen-bond acceptors (Lipinski definition) is 6. The third-order valence-electron chi connectivity index (χ3n) is 9.46. The summed E-state index contributed by atoms with van der Waals surface area (Å²) in [5, 5.41) is 2.50. The molecule has 0 saturated carbocycles. The van der Waals surface area contributed by atoms with E-state index in [4.69, 9.17) is 21.1 Å². The average molecular weight is 714 g/mol. The Labute approximate surface area is 301 Å². The van der Waals surface area contributed by atoms with Gasteiger partial charge in [-0.25, -0.2) is 9.59 Å². The molecule has 5 aromatic carbocycles. The number of anilines is 1. The van der Waals surface area contributed by atoms with E-state index in [1.807, 2.05) is 121 Å². The minimum Gasteiger partial charge on any atom is -0.465 e. The molecule has 1 aliphatic heterocycles. The van der Waals surface area contributed by atoms with Gasteiger partial charge in [-0.1, -0.05) is 133 Å². The molecule has 5 aromatic rings. The van der Waals surface area contributed by atoms with Gasteiger partial charge in [0.1, 0.15) is 0 Å². The lowest BCUT2D eigenvalue weighted by Gasteiger charge is -2.32. The Morgan fingerprint density at radius 1 is 0.725 bits per heavy atom. The van der Waals surface area contributed by atoms with Gasteiger partial charge in [-0.2, -0.15) is 0 Å². The number of Topliss-reactive ketones (excluding diaryl/α,β-unsaturated/α-hetero) is 1. The zero-order valence-corrected chi connectivity index (χ0v) is 29.6. The topological polar surface area (TPSA) is 90.0 Å². The van der Waals surface area contributed by atoms with E-state index in [1.54, 1.807) is 25.1 Å². The second-order valence-electron chi connectivity index (χ2n) is 12.1. The summed E-state index contributed by atoms with van der Waals surface area (Å²) in [6.45, 7) is -1.74. The first-order valence-electron chi connectivity index (χ1n) is 16.5. The number of ether oxygens (including phenoxy) is 2. The molecule has 1 aliphatic carbocycles. The predicted molar refractivity (Wildman–Crippen MR) is 202 cm³/mol. The number of hydrogen-bond donors (Lipinski definition) is 0. The molecule has 0 saturated heterocycles. The zero-order valence-electron chi connectivity index (χ0n) is 27.9. The molecule has 1 spiro atoms. The molecule has 7 nitrogen and oxygen atoms in total. The highest BCUT2D eigenvalue weighted by Crippen LogP contribution is 2.58. The number of carbonyl (C=O) groups excluding carboxylic acids is 4. The molecule has 1 heterocycles. The van der Waals surface area contributed by atoms with Gasteiger partial charge in [-0.15, -0.1) is 0 Å². The van der Waals surface area contributed by atoms with Crippen molar-refractivity contribution < 1.29 is 28.7 Å². The van der Waals surface area contributed by atoms with Crippen molar-refractivity contribution in [3.05, 3.63) is 167 Å². The highest BCUT2D eigenvalue weighted by atomic mass is 35.5. The van der Waals surface area contributed by atoms with Crippen LogP contribution in [0.1, 0.15) is 18.1 Å². The Hall–Kier alpha value is -5.49. The van der Waals surface area contributed by atoms with Crippen molar-refractivity contribution in [2.75, 3.05) is 18.6 Å².